The van der Waals surface area contributed by atoms with E-state index in [0.29, 0.717) is 106 Å². The number of hydrogen-bond acceptors (Lipinski definition) is 20. The molecule has 0 aliphatic heterocycles. The summed E-state index contributed by atoms with van der Waals surface area (Å²) in [4.78, 5) is 114. The zero-order valence-corrected chi connectivity index (χ0v) is 75.3. The molecule has 0 bridgehead atoms. The van der Waals surface area contributed by atoms with Gasteiger partial charge in [0.1, 0.15) is 42.9 Å². The van der Waals surface area contributed by atoms with Crippen LogP contribution in [0, 0.1) is 20.8 Å². The molecule has 1 fully saturated rings. The highest BCUT2D eigenvalue weighted by Crippen LogP contribution is 2.36. The van der Waals surface area contributed by atoms with Crippen molar-refractivity contribution in [3.05, 3.63) is 422 Å². The lowest BCUT2D eigenvalue weighted by Gasteiger charge is -2.26. The van der Waals surface area contributed by atoms with E-state index >= 15 is 0 Å². The molecule has 0 atom stereocenters. The van der Waals surface area contributed by atoms with Crippen LogP contribution in [0.4, 0.5) is 5.69 Å². The highest BCUT2D eigenvalue weighted by Gasteiger charge is 2.31. The molecular weight excluding hydrogens is 1710 g/mol. The molecule has 9 aromatic carbocycles. The fraction of sp³-hybridized carbons (Fsp3) is 0.181. The van der Waals surface area contributed by atoms with Crippen molar-refractivity contribution < 1.29 is 14.2 Å². The number of fused-ring (bicyclic) bond motifs is 7. The highest BCUT2D eigenvalue weighted by atomic mass is 16.5. The van der Waals surface area contributed by atoms with Gasteiger partial charge in [0, 0.05) is 100 Å². The summed E-state index contributed by atoms with van der Waals surface area (Å²) in [5.41, 5.74) is 18.1. The van der Waals surface area contributed by atoms with E-state index in [1.807, 2.05) is 206 Å². The Morgan fingerprint density at radius 1 is 0.382 bits per heavy atom. The Labute approximate surface area is 777 Å². The lowest BCUT2D eigenvalue weighted by atomic mass is 10.1. The van der Waals surface area contributed by atoms with E-state index in [-0.39, 0.29) is 47.6 Å². The summed E-state index contributed by atoms with van der Waals surface area (Å²) in [6.45, 7) is 12.4. The van der Waals surface area contributed by atoms with Gasteiger partial charge in [-0.1, -0.05) is 196 Å². The predicted molar refractivity (Wildman–Crippen MR) is 521 cm³/mol. The van der Waals surface area contributed by atoms with Gasteiger partial charge in [0.15, 0.2) is 23.3 Å². The Bertz CT molecular complexity index is 8140. The van der Waals surface area contributed by atoms with Crippen LogP contribution in [0.1, 0.15) is 112 Å². The molecule has 12 aromatic heterocycles. The summed E-state index contributed by atoms with van der Waals surface area (Å²) < 4.78 is 26.4. The summed E-state index contributed by atoms with van der Waals surface area (Å²) in [6.07, 6.45) is 13.6. The van der Waals surface area contributed by atoms with Gasteiger partial charge in [-0.15, -0.1) is 0 Å². The average molecular weight is 1810 g/mol. The predicted octanol–water partition coefficient (Wildman–Crippen LogP) is 16.2. The Hall–Kier alpha value is -17.4. The number of benzene rings is 9. The minimum Gasteiger partial charge on any atom is -0.487 e. The van der Waals surface area contributed by atoms with Crippen LogP contribution in [0.5, 0.6) is 17.2 Å². The highest BCUT2D eigenvalue weighted by molar-refractivity contribution is 5.83. The molecule has 0 saturated heterocycles. The number of hydrogen-bond donors (Lipinski definition) is 5. The summed E-state index contributed by atoms with van der Waals surface area (Å²) >= 11 is 0. The monoisotopic (exact) mass is 1810 g/mol. The maximum absolute atomic E-state index is 12.7. The maximum Gasteiger partial charge on any atom is 0.274 e. The van der Waals surface area contributed by atoms with E-state index in [4.69, 9.17) is 14.2 Å². The zero-order chi connectivity index (χ0) is 93.1. The first-order chi connectivity index (χ1) is 66.5. The van der Waals surface area contributed by atoms with E-state index in [1.165, 1.54) is 104 Å². The number of aromatic amines is 5. The van der Waals surface area contributed by atoms with Crippen molar-refractivity contribution in [1.29, 1.82) is 0 Å². The molecule has 23 rings (SSSR count). The number of pyridine rings is 1. The van der Waals surface area contributed by atoms with Crippen LogP contribution >= 0.6 is 0 Å². The van der Waals surface area contributed by atoms with Crippen LogP contribution in [0.3, 0.4) is 0 Å². The topological polar surface area (TPSA) is 364 Å². The van der Waals surface area contributed by atoms with Crippen molar-refractivity contribution in [3.8, 4) is 62.8 Å². The fourth-order valence-corrected chi connectivity index (χ4v) is 16.3. The molecule has 31 heteroatoms. The van der Waals surface area contributed by atoms with Crippen LogP contribution in [0.15, 0.2) is 316 Å². The Balaban J connectivity index is 0.000000109. The summed E-state index contributed by atoms with van der Waals surface area (Å²) in [5, 5.41) is 16.3. The van der Waals surface area contributed by atoms with Gasteiger partial charge in [-0.05, 0) is 171 Å². The molecule has 2 aliphatic rings. The second-order valence-corrected chi connectivity index (χ2v) is 33.2. The summed E-state index contributed by atoms with van der Waals surface area (Å²) in [5.74, 6) is 7.30. The van der Waals surface area contributed by atoms with Crippen LogP contribution in [-0.2, 0) is 65.0 Å². The van der Waals surface area contributed by atoms with Crippen LogP contribution in [0.25, 0.3) is 85.3 Å². The quantitative estimate of drug-likeness (QED) is 0.0397. The second-order valence-electron chi connectivity index (χ2n) is 33.2. The zero-order valence-electron chi connectivity index (χ0n) is 75.3. The number of nitrogens with zero attached hydrogens (tertiary/aromatic N) is 18. The number of H-pyrrole nitrogens is 5. The molecule has 0 radical (unpaired) electrons. The first-order valence-electron chi connectivity index (χ1n) is 45.1. The van der Waals surface area contributed by atoms with Gasteiger partial charge >= 0.3 is 0 Å². The largest absolute Gasteiger partial charge is 0.487 e. The first-order valence-corrected chi connectivity index (χ1v) is 45.1. The molecule has 5 N–H and O–H groups in total. The van der Waals surface area contributed by atoms with Gasteiger partial charge in [-0.3, -0.25) is 54.5 Å². The molecule has 12 heterocycles. The molecule has 136 heavy (non-hydrogen) atoms. The van der Waals surface area contributed by atoms with Crippen molar-refractivity contribution >= 4 is 45.5 Å². The number of aromatic nitrogens is 22. The minimum atomic E-state index is -0.234. The van der Waals surface area contributed by atoms with Gasteiger partial charge < -0.3 is 23.7 Å². The van der Waals surface area contributed by atoms with Gasteiger partial charge in [0.2, 0.25) is 0 Å². The van der Waals surface area contributed by atoms with E-state index in [9.17, 15) is 24.0 Å². The number of anilines is 1. The van der Waals surface area contributed by atoms with Crippen LogP contribution in [-0.4, -0.2) is 114 Å². The molecule has 31 nitrogen and oxygen atoms in total. The van der Waals surface area contributed by atoms with E-state index in [2.05, 4.69) is 167 Å². The van der Waals surface area contributed by atoms with Gasteiger partial charge in [0.05, 0.1) is 41.6 Å². The normalized spacial score (nSPS) is 12.1. The van der Waals surface area contributed by atoms with Crippen molar-refractivity contribution in [2.75, 3.05) is 4.90 Å². The summed E-state index contributed by atoms with van der Waals surface area (Å²) in [6, 6.07) is 87.4. The van der Waals surface area contributed by atoms with E-state index < -0.39 is 0 Å². The number of ether oxygens (including phenoxy) is 3. The molecular formula is C105H95N23O8. The molecule has 0 unspecified atom stereocenters. The van der Waals surface area contributed by atoms with Gasteiger partial charge in [-0.25, -0.2) is 24.9 Å². The lowest BCUT2D eigenvalue weighted by molar-refractivity contribution is 0.298. The average Bonchev–Trinajstić information content (AvgIpc) is 1.62. The SMILES string of the molecule is CCc1ccc(OCc2cc(=O)n3[nH]c(-c4ccncc4)nc3n2)cc1.CCc1ccc(OCc2cc(=O)n3[nH]c(Cc4ccccc4)nc3n2)cc1.Cc1cccc(N(Cc2cc(=O)n3[nH]c(-c4ccccc4)nc3n2)C2CC2)c1C.Cc1cccc2c1ccn2Cc1cc(=O)n2[nH]c(-c3ccccc3)nc2n1.O=c1cc(COc2cccc3c2CCC3)nc2nc(-c3ccccc3)[nH]n12. The van der Waals surface area contributed by atoms with Gasteiger partial charge in [-0.2, -0.15) is 47.5 Å². The lowest BCUT2D eigenvalue weighted by Crippen LogP contribution is -2.28. The minimum absolute atomic E-state index is 0.142. The van der Waals surface area contributed by atoms with E-state index in [1.54, 1.807) is 24.5 Å². The molecule has 21 aromatic rings. The third-order valence-corrected chi connectivity index (χ3v) is 23.8. The fourth-order valence-electron chi connectivity index (χ4n) is 16.3. The summed E-state index contributed by atoms with van der Waals surface area (Å²) in [7, 11) is 0. The van der Waals surface area contributed by atoms with Crippen molar-refractivity contribution in [1.82, 2.24) is 107 Å². The third-order valence-electron chi connectivity index (χ3n) is 23.8. The Morgan fingerprint density at radius 3 is 1.31 bits per heavy atom. The van der Waals surface area contributed by atoms with Crippen molar-refractivity contribution in [2.45, 2.75) is 125 Å². The standard InChI is InChI=1S/C23H23N5O.C21H17N5O.C21H18N4O2.C21H20N4O2.C19H17N5O2/c1-15-7-6-10-20(16(15)2)27(19-11-12-19)14-18-13-21(29)28-23(24-18)25-22(26-28)17-8-4-3-5-9-17;1-14-6-5-9-18-17(14)10-11-25(18)13-16-12-19(27)26-21(22-16)23-20(24-26)15-7-3-2-4-8-15;26-19-12-16(13-27-18-11-5-9-14-8-4-10-17(14)18)22-21-23-20(24-25(19)21)15-6-2-1-3-7-15;1-2-15-8-10-18(11-9-15)27-14-17-13-20(26)25-21(22-17)23-19(24-25)12-16-6-4-3-5-7-16;1-2-13-3-5-16(6-4-13)26-12-15-11-17(25)24-19(21-15)22-18(23-24)14-7-9-20-10-8-14/h3-10,13,19H,11-12,14H2,1-2H3,(H,24,25,26);2-12H,13H2,1H3,(H,22,23,24);1-3,5-7,9,11-12H,4,8,10,13H2,(H,22,23,24);3-11,13H,2,12,14H2,1H3,(H,22,23,24);3-11H,2,12H2,1H3,(H,21,22,23). The number of nitrogens with one attached hydrogen (secondary N) is 5. The first kappa shape index (κ1) is 87.9. The van der Waals surface area contributed by atoms with Crippen LogP contribution < -0.4 is 46.9 Å². The van der Waals surface area contributed by atoms with E-state index in [0.717, 1.165) is 88.4 Å². The Morgan fingerprint density at radius 2 is 0.809 bits per heavy atom. The van der Waals surface area contributed by atoms with Crippen LogP contribution in [0.2, 0.25) is 0 Å². The smallest absolute Gasteiger partial charge is 0.274 e. The Kier molecular flexibility index (Phi) is 25.7. The van der Waals surface area contributed by atoms with Gasteiger partial charge in [0.25, 0.3) is 56.7 Å². The number of rotatable bonds is 23. The van der Waals surface area contributed by atoms with Crippen molar-refractivity contribution in [2.24, 2.45) is 0 Å². The van der Waals surface area contributed by atoms with Crippen molar-refractivity contribution in [3.63, 3.8) is 0 Å². The molecule has 678 valence electrons. The molecule has 0 spiro atoms. The third kappa shape index (κ3) is 20.2. The maximum atomic E-state index is 12.7. The molecule has 1 saturated carbocycles. The molecule has 0 amide bonds. The number of aryl methyl sites for hydroxylation is 5. The molecule has 2 aliphatic carbocycles. The second kappa shape index (κ2) is 39.7.